The molecule has 82 valence electrons. The van der Waals surface area contributed by atoms with Crippen LogP contribution in [0.4, 0.5) is 0 Å². The standard InChI is InChI=1S/C12H24N2/c1-10-6-7-14(9-10)12(8-13)11-4-2-3-5-11/h10-12H,2-9,13H2,1H3. The fourth-order valence-electron chi connectivity index (χ4n) is 3.25. The molecular formula is C12H24N2. The Labute approximate surface area is 87.8 Å². The van der Waals surface area contributed by atoms with Crippen LogP contribution < -0.4 is 5.73 Å². The Kier molecular flexibility index (Phi) is 3.45. The molecule has 14 heavy (non-hydrogen) atoms. The summed E-state index contributed by atoms with van der Waals surface area (Å²) in [6.45, 7) is 5.82. The highest BCUT2D eigenvalue weighted by Gasteiger charge is 2.31. The van der Waals surface area contributed by atoms with Crippen molar-refractivity contribution in [2.75, 3.05) is 19.6 Å². The van der Waals surface area contributed by atoms with Crippen LogP contribution in [0.3, 0.4) is 0 Å². The van der Waals surface area contributed by atoms with Gasteiger partial charge in [0.15, 0.2) is 0 Å². The minimum Gasteiger partial charge on any atom is -0.329 e. The van der Waals surface area contributed by atoms with Crippen LogP contribution in [-0.4, -0.2) is 30.6 Å². The predicted molar refractivity (Wildman–Crippen MR) is 60.2 cm³/mol. The van der Waals surface area contributed by atoms with Crippen molar-refractivity contribution in [2.24, 2.45) is 17.6 Å². The highest BCUT2D eigenvalue weighted by atomic mass is 15.2. The van der Waals surface area contributed by atoms with Gasteiger partial charge in [0, 0.05) is 19.1 Å². The highest BCUT2D eigenvalue weighted by molar-refractivity contribution is 4.87. The van der Waals surface area contributed by atoms with E-state index in [1.165, 1.54) is 45.2 Å². The SMILES string of the molecule is CC1CCN(C(CN)C2CCCC2)C1. The fourth-order valence-corrected chi connectivity index (χ4v) is 3.25. The van der Waals surface area contributed by atoms with E-state index in [0.717, 1.165) is 18.4 Å². The number of likely N-dealkylation sites (tertiary alicyclic amines) is 1. The smallest absolute Gasteiger partial charge is 0.0246 e. The molecule has 1 aliphatic carbocycles. The van der Waals surface area contributed by atoms with Gasteiger partial charge in [-0.2, -0.15) is 0 Å². The number of hydrogen-bond acceptors (Lipinski definition) is 2. The Morgan fingerprint density at radius 3 is 2.50 bits per heavy atom. The maximum absolute atomic E-state index is 5.94. The van der Waals surface area contributed by atoms with E-state index in [1.807, 2.05) is 0 Å². The van der Waals surface area contributed by atoms with Gasteiger partial charge >= 0.3 is 0 Å². The summed E-state index contributed by atoms with van der Waals surface area (Å²) in [5, 5.41) is 0. The fraction of sp³-hybridized carbons (Fsp3) is 1.00. The normalized spacial score (nSPS) is 32.6. The van der Waals surface area contributed by atoms with E-state index in [0.29, 0.717) is 6.04 Å². The quantitative estimate of drug-likeness (QED) is 0.746. The van der Waals surface area contributed by atoms with Crippen LogP contribution in [0.2, 0.25) is 0 Å². The van der Waals surface area contributed by atoms with Crippen LogP contribution in [0.1, 0.15) is 39.0 Å². The van der Waals surface area contributed by atoms with Gasteiger partial charge in [-0.3, -0.25) is 4.90 Å². The molecule has 2 heteroatoms. The minimum absolute atomic E-state index is 0.697. The molecule has 2 fully saturated rings. The Balaban J connectivity index is 1.91. The molecule has 0 bridgehead atoms. The van der Waals surface area contributed by atoms with Crippen molar-refractivity contribution in [3.63, 3.8) is 0 Å². The van der Waals surface area contributed by atoms with Crippen molar-refractivity contribution in [1.29, 1.82) is 0 Å². The van der Waals surface area contributed by atoms with E-state index in [2.05, 4.69) is 11.8 Å². The molecule has 0 aromatic carbocycles. The molecular weight excluding hydrogens is 172 g/mol. The molecule has 1 heterocycles. The monoisotopic (exact) mass is 196 g/mol. The summed E-state index contributed by atoms with van der Waals surface area (Å²) in [4.78, 5) is 2.65. The predicted octanol–water partition coefficient (Wildman–Crippen LogP) is 1.85. The molecule has 0 amide bonds. The molecule has 2 unspecified atom stereocenters. The van der Waals surface area contributed by atoms with Gasteiger partial charge in [-0.15, -0.1) is 0 Å². The van der Waals surface area contributed by atoms with Crippen molar-refractivity contribution in [3.05, 3.63) is 0 Å². The number of hydrogen-bond donors (Lipinski definition) is 1. The molecule has 0 aromatic rings. The van der Waals surface area contributed by atoms with E-state index in [4.69, 9.17) is 5.73 Å². The first kappa shape index (κ1) is 10.4. The average Bonchev–Trinajstić information content (AvgIpc) is 2.79. The molecule has 1 saturated carbocycles. The summed E-state index contributed by atoms with van der Waals surface area (Å²) in [5.74, 6) is 1.80. The summed E-state index contributed by atoms with van der Waals surface area (Å²) >= 11 is 0. The van der Waals surface area contributed by atoms with Gasteiger partial charge in [0.25, 0.3) is 0 Å². The highest BCUT2D eigenvalue weighted by Crippen LogP contribution is 2.32. The third kappa shape index (κ3) is 2.12. The Bertz CT molecular complexity index is 175. The van der Waals surface area contributed by atoms with Gasteiger partial charge in [-0.05, 0) is 37.6 Å². The van der Waals surface area contributed by atoms with Gasteiger partial charge in [-0.25, -0.2) is 0 Å². The summed E-state index contributed by atoms with van der Waals surface area (Å²) in [5.41, 5.74) is 5.94. The van der Waals surface area contributed by atoms with E-state index in [1.54, 1.807) is 0 Å². The van der Waals surface area contributed by atoms with E-state index >= 15 is 0 Å². The average molecular weight is 196 g/mol. The van der Waals surface area contributed by atoms with Gasteiger partial charge < -0.3 is 5.73 Å². The first-order valence-corrected chi connectivity index (χ1v) is 6.25. The minimum atomic E-state index is 0.697. The molecule has 2 N–H and O–H groups in total. The van der Waals surface area contributed by atoms with E-state index in [9.17, 15) is 0 Å². The largest absolute Gasteiger partial charge is 0.329 e. The van der Waals surface area contributed by atoms with Gasteiger partial charge in [-0.1, -0.05) is 19.8 Å². The topological polar surface area (TPSA) is 29.3 Å². The summed E-state index contributed by atoms with van der Waals surface area (Å²) in [6, 6.07) is 0.697. The molecule has 2 nitrogen and oxygen atoms in total. The van der Waals surface area contributed by atoms with Crippen LogP contribution in [0.25, 0.3) is 0 Å². The van der Waals surface area contributed by atoms with Crippen LogP contribution in [0.15, 0.2) is 0 Å². The Hall–Kier alpha value is -0.0800. The van der Waals surface area contributed by atoms with Crippen LogP contribution >= 0.6 is 0 Å². The zero-order valence-electron chi connectivity index (χ0n) is 9.41. The first-order chi connectivity index (χ1) is 6.81. The molecule has 2 aliphatic rings. The van der Waals surface area contributed by atoms with Crippen molar-refractivity contribution >= 4 is 0 Å². The van der Waals surface area contributed by atoms with E-state index in [-0.39, 0.29) is 0 Å². The van der Waals surface area contributed by atoms with Crippen LogP contribution in [0.5, 0.6) is 0 Å². The van der Waals surface area contributed by atoms with Crippen molar-refractivity contribution in [1.82, 2.24) is 4.90 Å². The molecule has 0 aromatic heterocycles. The van der Waals surface area contributed by atoms with Crippen molar-refractivity contribution in [2.45, 2.75) is 45.1 Å². The molecule has 0 radical (unpaired) electrons. The maximum Gasteiger partial charge on any atom is 0.0246 e. The number of nitrogens with zero attached hydrogens (tertiary/aromatic N) is 1. The lowest BCUT2D eigenvalue weighted by Crippen LogP contribution is -2.43. The van der Waals surface area contributed by atoms with Crippen LogP contribution in [0, 0.1) is 11.8 Å². The first-order valence-electron chi connectivity index (χ1n) is 6.25. The second-order valence-electron chi connectivity index (χ2n) is 5.24. The summed E-state index contributed by atoms with van der Waals surface area (Å²) in [7, 11) is 0. The number of nitrogens with two attached hydrogens (primary N) is 1. The zero-order chi connectivity index (χ0) is 9.97. The lowest BCUT2D eigenvalue weighted by Gasteiger charge is -2.31. The summed E-state index contributed by atoms with van der Waals surface area (Å²) < 4.78 is 0. The number of rotatable bonds is 3. The van der Waals surface area contributed by atoms with Gasteiger partial charge in [0.2, 0.25) is 0 Å². The van der Waals surface area contributed by atoms with Crippen molar-refractivity contribution in [3.8, 4) is 0 Å². The Morgan fingerprint density at radius 1 is 1.29 bits per heavy atom. The zero-order valence-corrected chi connectivity index (χ0v) is 9.41. The molecule has 1 aliphatic heterocycles. The lowest BCUT2D eigenvalue weighted by atomic mass is 9.97. The maximum atomic E-state index is 5.94. The molecule has 2 rings (SSSR count). The summed E-state index contributed by atoms with van der Waals surface area (Å²) in [6.07, 6.45) is 7.10. The van der Waals surface area contributed by atoms with Gasteiger partial charge in [0.05, 0.1) is 0 Å². The second kappa shape index (κ2) is 4.63. The third-order valence-corrected chi connectivity index (χ3v) is 4.11. The molecule has 0 spiro atoms. The van der Waals surface area contributed by atoms with Crippen LogP contribution in [-0.2, 0) is 0 Å². The Morgan fingerprint density at radius 2 is 2.00 bits per heavy atom. The van der Waals surface area contributed by atoms with Gasteiger partial charge in [0.1, 0.15) is 0 Å². The van der Waals surface area contributed by atoms with E-state index < -0.39 is 0 Å². The second-order valence-corrected chi connectivity index (χ2v) is 5.24. The lowest BCUT2D eigenvalue weighted by molar-refractivity contribution is 0.176. The molecule has 1 saturated heterocycles. The van der Waals surface area contributed by atoms with Crippen molar-refractivity contribution < 1.29 is 0 Å². The third-order valence-electron chi connectivity index (χ3n) is 4.11. The molecule has 2 atom stereocenters.